The number of aromatic nitrogens is 1. The van der Waals surface area contributed by atoms with Crippen LogP contribution >= 0.6 is 0 Å². The molecule has 4 nitrogen and oxygen atoms in total. The smallest absolute Gasteiger partial charge is 0.208 e. The fourth-order valence-electron chi connectivity index (χ4n) is 2.78. The van der Waals surface area contributed by atoms with Gasteiger partial charge < -0.3 is 10.3 Å². The quantitative estimate of drug-likeness (QED) is 0.646. The summed E-state index contributed by atoms with van der Waals surface area (Å²) in [7, 11) is -3.51. The van der Waals surface area contributed by atoms with Crippen molar-refractivity contribution < 1.29 is 8.42 Å². The van der Waals surface area contributed by atoms with Crippen molar-refractivity contribution in [2.24, 2.45) is 0 Å². The summed E-state index contributed by atoms with van der Waals surface area (Å²) in [5.74, 6) is 0. The Labute approximate surface area is 142 Å². The number of H-pyrrole nitrogens is 1. The summed E-state index contributed by atoms with van der Waals surface area (Å²) in [6, 6.07) is 14.5. The molecule has 0 atom stereocenters. The summed E-state index contributed by atoms with van der Waals surface area (Å²) in [6.07, 6.45) is 3.58. The highest BCUT2D eigenvalue weighted by Gasteiger charge is 2.21. The van der Waals surface area contributed by atoms with Gasteiger partial charge >= 0.3 is 0 Å². The molecule has 0 saturated carbocycles. The molecule has 2 aromatic carbocycles. The number of hydrogen-bond acceptors (Lipinski definition) is 3. The minimum absolute atomic E-state index is 0.320. The van der Waals surface area contributed by atoms with Gasteiger partial charge in [-0.3, -0.25) is 0 Å². The third-order valence-electron chi connectivity index (χ3n) is 4.07. The minimum atomic E-state index is -3.51. The maximum absolute atomic E-state index is 12.9. The average molecular weight is 342 g/mol. The number of aromatic amines is 1. The zero-order valence-corrected chi connectivity index (χ0v) is 14.6. The van der Waals surface area contributed by atoms with Crippen molar-refractivity contribution in [2.45, 2.75) is 29.6 Å². The molecule has 0 spiro atoms. The van der Waals surface area contributed by atoms with Gasteiger partial charge in [-0.15, -0.1) is 0 Å². The molecule has 3 rings (SSSR count). The van der Waals surface area contributed by atoms with E-state index < -0.39 is 9.84 Å². The van der Waals surface area contributed by atoms with Crippen LogP contribution in [0.1, 0.15) is 18.9 Å². The molecule has 24 heavy (non-hydrogen) atoms. The van der Waals surface area contributed by atoms with Crippen molar-refractivity contribution in [1.82, 2.24) is 10.3 Å². The van der Waals surface area contributed by atoms with Gasteiger partial charge in [0, 0.05) is 17.1 Å². The maximum atomic E-state index is 12.9. The van der Waals surface area contributed by atoms with Gasteiger partial charge in [0.15, 0.2) is 0 Å². The van der Waals surface area contributed by atoms with E-state index in [1.165, 1.54) is 0 Å². The van der Waals surface area contributed by atoms with Crippen LogP contribution in [0.5, 0.6) is 0 Å². The predicted octanol–water partition coefficient (Wildman–Crippen LogP) is 3.54. The summed E-state index contributed by atoms with van der Waals surface area (Å²) in [4.78, 5) is 3.73. The lowest BCUT2D eigenvalue weighted by Crippen LogP contribution is -2.17. The lowest BCUT2D eigenvalue weighted by molar-refractivity contribution is 0.597. The van der Waals surface area contributed by atoms with E-state index in [1.807, 2.05) is 24.3 Å². The first-order chi connectivity index (χ1) is 11.6. The topological polar surface area (TPSA) is 62.0 Å². The average Bonchev–Trinajstić information content (AvgIpc) is 3.03. The third kappa shape index (κ3) is 3.37. The monoisotopic (exact) mass is 342 g/mol. The van der Waals surface area contributed by atoms with E-state index in [0.717, 1.165) is 42.4 Å². The molecular formula is C19H22N2O2S. The molecular weight excluding hydrogens is 320 g/mol. The standard InChI is InChI=1S/C19H22N2O2S/c1-2-11-20-12-10-15-8-9-18-17(13-15)19(14-21-18)24(22,23)16-6-4-3-5-7-16/h3-9,13-14,20-21H,2,10-12H2,1H3. The van der Waals surface area contributed by atoms with E-state index in [0.29, 0.717) is 9.79 Å². The molecule has 0 bridgehead atoms. The van der Waals surface area contributed by atoms with Crippen molar-refractivity contribution in [3.05, 3.63) is 60.3 Å². The molecule has 1 heterocycles. The Morgan fingerprint density at radius 2 is 1.83 bits per heavy atom. The van der Waals surface area contributed by atoms with Crippen molar-refractivity contribution in [3.8, 4) is 0 Å². The lowest BCUT2D eigenvalue weighted by atomic mass is 10.1. The zero-order chi connectivity index (χ0) is 17.0. The van der Waals surface area contributed by atoms with Crippen LogP contribution in [-0.2, 0) is 16.3 Å². The van der Waals surface area contributed by atoms with E-state index in [-0.39, 0.29) is 0 Å². The van der Waals surface area contributed by atoms with Gasteiger partial charge in [0.1, 0.15) is 0 Å². The Bertz CT molecular complexity index is 915. The summed E-state index contributed by atoms with van der Waals surface area (Å²) in [5, 5.41) is 4.13. The van der Waals surface area contributed by atoms with Crippen LogP contribution in [0.15, 0.2) is 64.5 Å². The molecule has 0 amide bonds. The SMILES string of the molecule is CCCNCCc1ccc2[nH]cc(S(=O)(=O)c3ccccc3)c2c1. The molecule has 0 fully saturated rings. The molecule has 0 saturated heterocycles. The Hall–Kier alpha value is -2.11. The summed E-state index contributed by atoms with van der Waals surface area (Å²) < 4.78 is 25.8. The van der Waals surface area contributed by atoms with Gasteiger partial charge in [0.2, 0.25) is 9.84 Å². The van der Waals surface area contributed by atoms with Crippen LogP contribution in [0, 0.1) is 0 Å². The van der Waals surface area contributed by atoms with Crippen LogP contribution in [0.2, 0.25) is 0 Å². The fourth-order valence-corrected chi connectivity index (χ4v) is 4.22. The second-order valence-corrected chi connectivity index (χ2v) is 7.77. The van der Waals surface area contributed by atoms with Gasteiger partial charge in [-0.1, -0.05) is 31.2 Å². The Kier molecular flexibility index (Phi) is 5.02. The van der Waals surface area contributed by atoms with Crippen LogP contribution in [0.25, 0.3) is 10.9 Å². The highest BCUT2D eigenvalue weighted by molar-refractivity contribution is 7.91. The Morgan fingerprint density at radius 1 is 1.04 bits per heavy atom. The second-order valence-electron chi connectivity index (χ2n) is 5.85. The number of rotatable bonds is 7. The molecule has 1 aromatic heterocycles. The first-order valence-electron chi connectivity index (χ1n) is 8.24. The van der Waals surface area contributed by atoms with Crippen molar-refractivity contribution in [2.75, 3.05) is 13.1 Å². The number of hydrogen-bond donors (Lipinski definition) is 2. The summed E-state index contributed by atoms with van der Waals surface area (Å²) >= 11 is 0. The van der Waals surface area contributed by atoms with Crippen LogP contribution in [-0.4, -0.2) is 26.5 Å². The largest absolute Gasteiger partial charge is 0.360 e. The molecule has 5 heteroatoms. The van der Waals surface area contributed by atoms with Gasteiger partial charge in [0.05, 0.1) is 9.79 Å². The Morgan fingerprint density at radius 3 is 2.58 bits per heavy atom. The normalized spacial score (nSPS) is 11.9. The molecule has 0 radical (unpaired) electrons. The van der Waals surface area contributed by atoms with Crippen LogP contribution in [0.4, 0.5) is 0 Å². The van der Waals surface area contributed by atoms with E-state index in [9.17, 15) is 8.42 Å². The maximum Gasteiger partial charge on any atom is 0.208 e. The van der Waals surface area contributed by atoms with E-state index in [2.05, 4.69) is 17.2 Å². The van der Waals surface area contributed by atoms with E-state index >= 15 is 0 Å². The number of fused-ring (bicyclic) bond motifs is 1. The number of sulfone groups is 1. The fraction of sp³-hybridized carbons (Fsp3) is 0.263. The molecule has 0 aliphatic rings. The van der Waals surface area contributed by atoms with Gasteiger partial charge in [-0.05, 0) is 55.8 Å². The molecule has 0 aliphatic carbocycles. The Balaban J connectivity index is 1.94. The molecule has 2 N–H and O–H groups in total. The molecule has 126 valence electrons. The highest BCUT2D eigenvalue weighted by atomic mass is 32.2. The van der Waals surface area contributed by atoms with E-state index in [1.54, 1.807) is 30.5 Å². The van der Waals surface area contributed by atoms with Crippen LogP contribution in [0.3, 0.4) is 0 Å². The van der Waals surface area contributed by atoms with Crippen molar-refractivity contribution >= 4 is 20.7 Å². The first kappa shape index (κ1) is 16.7. The van der Waals surface area contributed by atoms with Gasteiger partial charge in [-0.2, -0.15) is 0 Å². The molecule has 0 unspecified atom stereocenters. The third-order valence-corrected chi connectivity index (χ3v) is 5.88. The lowest BCUT2D eigenvalue weighted by Gasteiger charge is -2.06. The minimum Gasteiger partial charge on any atom is -0.360 e. The van der Waals surface area contributed by atoms with Crippen LogP contribution < -0.4 is 5.32 Å². The summed E-state index contributed by atoms with van der Waals surface area (Å²) in [5.41, 5.74) is 1.98. The number of benzene rings is 2. The zero-order valence-electron chi connectivity index (χ0n) is 13.7. The molecule has 3 aromatic rings. The molecule has 0 aliphatic heterocycles. The number of nitrogens with one attached hydrogen (secondary N) is 2. The van der Waals surface area contributed by atoms with Gasteiger partial charge in [-0.25, -0.2) is 8.42 Å². The first-order valence-corrected chi connectivity index (χ1v) is 9.72. The van der Waals surface area contributed by atoms with E-state index in [4.69, 9.17) is 0 Å². The highest BCUT2D eigenvalue weighted by Crippen LogP contribution is 2.29. The summed E-state index contributed by atoms with van der Waals surface area (Å²) in [6.45, 7) is 4.03. The predicted molar refractivity (Wildman–Crippen MR) is 97.1 cm³/mol. The van der Waals surface area contributed by atoms with Crippen molar-refractivity contribution in [1.29, 1.82) is 0 Å². The second kappa shape index (κ2) is 7.20. The van der Waals surface area contributed by atoms with Crippen molar-refractivity contribution in [3.63, 3.8) is 0 Å². The van der Waals surface area contributed by atoms with Gasteiger partial charge in [0.25, 0.3) is 0 Å².